The molecule has 0 aromatic carbocycles. The summed E-state index contributed by atoms with van der Waals surface area (Å²) < 4.78 is 1.04. The lowest BCUT2D eigenvalue weighted by Crippen LogP contribution is -2.37. The molecule has 1 heterocycles. The molecule has 0 radical (unpaired) electrons. The van der Waals surface area contributed by atoms with Crippen LogP contribution in [0.15, 0.2) is 11.0 Å². The lowest BCUT2D eigenvalue weighted by molar-refractivity contribution is 0.208. The Kier molecular flexibility index (Phi) is 3.34. The Bertz CT molecular complexity index is 403. The van der Waals surface area contributed by atoms with Crippen LogP contribution in [0.1, 0.15) is 32.3 Å². The minimum absolute atomic E-state index is 0.120. The fourth-order valence-corrected chi connectivity index (χ4v) is 1.25. The van der Waals surface area contributed by atoms with Crippen LogP contribution in [0.5, 0.6) is 0 Å². The molecule has 0 fully saturated rings. The van der Waals surface area contributed by atoms with Crippen molar-refractivity contribution in [1.29, 1.82) is 0 Å². The molecule has 0 aliphatic rings. The number of nitrogens with zero attached hydrogens (tertiary/aromatic N) is 2. The zero-order chi connectivity index (χ0) is 11.6. The van der Waals surface area contributed by atoms with Gasteiger partial charge in [-0.05, 0) is 12.8 Å². The molecule has 0 atom stereocenters. The van der Waals surface area contributed by atoms with E-state index < -0.39 is 0 Å². The average molecular weight is 211 g/mol. The average Bonchev–Trinajstić information content (AvgIpc) is 2.57. The number of nitrogens with one attached hydrogen (secondary N) is 1. The standard InChI is InChI=1S/C10H17N3O2/c1-5-12(4)10(15)13-9(14)8(6-11-13)7(2)3/h6-7,11H,5H2,1-4H3. The van der Waals surface area contributed by atoms with Crippen molar-refractivity contribution in [2.75, 3.05) is 13.6 Å². The number of H-pyrrole nitrogens is 1. The lowest BCUT2D eigenvalue weighted by Gasteiger charge is -2.13. The van der Waals surface area contributed by atoms with E-state index in [4.69, 9.17) is 0 Å². The normalized spacial score (nSPS) is 10.7. The first-order chi connectivity index (χ1) is 6.99. The molecule has 84 valence electrons. The second kappa shape index (κ2) is 4.33. The van der Waals surface area contributed by atoms with E-state index in [9.17, 15) is 9.59 Å². The topological polar surface area (TPSA) is 58.1 Å². The zero-order valence-electron chi connectivity index (χ0n) is 9.57. The summed E-state index contributed by atoms with van der Waals surface area (Å²) in [6.45, 7) is 6.27. The van der Waals surface area contributed by atoms with E-state index in [0.717, 1.165) is 4.68 Å². The molecular formula is C10H17N3O2. The van der Waals surface area contributed by atoms with Gasteiger partial charge in [0.2, 0.25) is 0 Å². The van der Waals surface area contributed by atoms with Gasteiger partial charge in [-0.25, -0.2) is 4.79 Å². The fourth-order valence-electron chi connectivity index (χ4n) is 1.25. The van der Waals surface area contributed by atoms with Crippen LogP contribution in [0.2, 0.25) is 0 Å². The molecule has 1 aromatic rings. The third-order valence-corrected chi connectivity index (χ3v) is 2.41. The summed E-state index contributed by atoms with van der Waals surface area (Å²) in [4.78, 5) is 24.9. The van der Waals surface area contributed by atoms with Crippen LogP contribution in [0, 0.1) is 0 Å². The van der Waals surface area contributed by atoms with Crippen molar-refractivity contribution in [1.82, 2.24) is 14.7 Å². The first-order valence-corrected chi connectivity index (χ1v) is 5.04. The monoisotopic (exact) mass is 211 g/mol. The van der Waals surface area contributed by atoms with Gasteiger partial charge in [-0.3, -0.25) is 9.89 Å². The van der Waals surface area contributed by atoms with Crippen molar-refractivity contribution >= 4 is 6.03 Å². The Morgan fingerprint density at radius 2 is 2.20 bits per heavy atom. The van der Waals surface area contributed by atoms with Crippen LogP contribution in [-0.2, 0) is 0 Å². The van der Waals surface area contributed by atoms with Gasteiger partial charge in [-0.15, -0.1) is 0 Å². The van der Waals surface area contributed by atoms with Crippen LogP contribution in [-0.4, -0.2) is 34.3 Å². The number of carbonyl (C=O) groups is 1. The number of rotatable bonds is 2. The number of amides is 1. The van der Waals surface area contributed by atoms with E-state index in [0.29, 0.717) is 12.1 Å². The summed E-state index contributed by atoms with van der Waals surface area (Å²) in [6.07, 6.45) is 1.59. The second-order valence-corrected chi connectivity index (χ2v) is 3.82. The van der Waals surface area contributed by atoms with Gasteiger partial charge < -0.3 is 4.90 Å². The van der Waals surface area contributed by atoms with Gasteiger partial charge in [-0.1, -0.05) is 13.8 Å². The van der Waals surface area contributed by atoms with Gasteiger partial charge in [0.05, 0.1) is 0 Å². The van der Waals surface area contributed by atoms with Crippen molar-refractivity contribution in [2.45, 2.75) is 26.7 Å². The molecule has 1 amide bonds. The molecule has 1 aromatic heterocycles. The maximum absolute atomic E-state index is 11.8. The van der Waals surface area contributed by atoms with Crippen molar-refractivity contribution in [3.63, 3.8) is 0 Å². The highest BCUT2D eigenvalue weighted by molar-refractivity contribution is 5.75. The summed E-state index contributed by atoms with van der Waals surface area (Å²) in [6, 6.07) is -0.325. The number of aromatic nitrogens is 2. The maximum atomic E-state index is 11.8. The minimum atomic E-state index is -0.325. The molecule has 15 heavy (non-hydrogen) atoms. The zero-order valence-corrected chi connectivity index (χ0v) is 9.57. The van der Waals surface area contributed by atoms with Crippen LogP contribution < -0.4 is 5.56 Å². The van der Waals surface area contributed by atoms with Crippen molar-refractivity contribution in [2.24, 2.45) is 0 Å². The van der Waals surface area contributed by atoms with Crippen LogP contribution in [0.3, 0.4) is 0 Å². The number of hydrogen-bond acceptors (Lipinski definition) is 2. The highest BCUT2D eigenvalue weighted by Gasteiger charge is 2.16. The molecule has 0 bridgehead atoms. The van der Waals surface area contributed by atoms with E-state index in [1.54, 1.807) is 13.2 Å². The Balaban J connectivity index is 3.07. The maximum Gasteiger partial charge on any atom is 0.345 e. The smallest absolute Gasteiger partial charge is 0.326 e. The summed E-state index contributed by atoms with van der Waals surface area (Å²) >= 11 is 0. The number of aromatic amines is 1. The van der Waals surface area contributed by atoms with E-state index in [1.807, 2.05) is 20.8 Å². The molecule has 5 heteroatoms. The molecule has 0 saturated carbocycles. The molecule has 1 N–H and O–H groups in total. The Labute approximate surface area is 88.7 Å². The first-order valence-electron chi connectivity index (χ1n) is 5.04. The molecule has 5 nitrogen and oxygen atoms in total. The van der Waals surface area contributed by atoms with E-state index >= 15 is 0 Å². The predicted octanol–water partition coefficient (Wildman–Crippen LogP) is 1.22. The molecular weight excluding hydrogens is 194 g/mol. The van der Waals surface area contributed by atoms with Crippen LogP contribution in [0.25, 0.3) is 0 Å². The largest absolute Gasteiger partial charge is 0.345 e. The summed E-state index contributed by atoms with van der Waals surface area (Å²) in [7, 11) is 1.66. The Morgan fingerprint density at radius 3 is 2.60 bits per heavy atom. The van der Waals surface area contributed by atoms with Gasteiger partial charge >= 0.3 is 6.03 Å². The minimum Gasteiger partial charge on any atom is -0.326 e. The third-order valence-electron chi connectivity index (χ3n) is 2.41. The first kappa shape index (κ1) is 11.6. The molecule has 0 aliphatic carbocycles. The van der Waals surface area contributed by atoms with Crippen LogP contribution in [0.4, 0.5) is 4.79 Å². The van der Waals surface area contributed by atoms with Gasteiger partial charge in [0.1, 0.15) is 0 Å². The quantitative estimate of drug-likeness (QED) is 0.799. The second-order valence-electron chi connectivity index (χ2n) is 3.82. The number of carbonyl (C=O) groups excluding carboxylic acids is 1. The van der Waals surface area contributed by atoms with E-state index in [-0.39, 0.29) is 17.5 Å². The SMILES string of the molecule is CCN(C)C(=O)n1[nH]cc(C(C)C)c1=O. The van der Waals surface area contributed by atoms with E-state index in [1.165, 1.54) is 4.90 Å². The fraction of sp³-hybridized carbons (Fsp3) is 0.600. The molecule has 0 saturated heterocycles. The van der Waals surface area contributed by atoms with Crippen molar-refractivity contribution in [3.05, 3.63) is 22.1 Å². The lowest BCUT2D eigenvalue weighted by atomic mass is 10.1. The highest BCUT2D eigenvalue weighted by atomic mass is 16.2. The Hall–Kier alpha value is -1.52. The number of hydrogen-bond donors (Lipinski definition) is 1. The molecule has 0 unspecified atom stereocenters. The van der Waals surface area contributed by atoms with E-state index in [2.05, 4.69) is 5.10 Å². The van der Waals surface area contributed by atoms with Gasteiger partial charge in [0.15, 0.2) is 0 Å². The van der Waals surface area contributed by atoms with Crippen molar-refractivity contribution in [3.8, 4) is 0 Å². The highest BCUT2D eigenvalue weighted by Crippen LogP contribution is 2.07. The molecule has 1 rings (SSSR count). The van der Waals surface area contributed by atoms with Gasteiger partial charge in [0, 0.05) is 25.4 Å². The predicted molar refractivity (Wildman–Crippen MR) is 58.2 cm³/mol. The van der Waals surface area contributed by atoms with Gasteiger partial charge in [0.25, 0.3) is 5.56 Å². The van der Waals surface area contributed by atoms with Crippen molar-refractivity contribution < 1.29 is 4.79 Å². The summed E-state index contributed by atoms with van der Waals surface area (Å²) in [5, 5.41) is 2.68. The third kappa shape index (κ3) is 2.11. The summed E-state index contributed by atoms with van der Waals surface area (Å²) in [5.41, 5.74) is 0.378. The van der Waals surface area contributed by atoms with Gasteiger partial charge in [-0.2, -0.15) is 4.68 Å². The molecule has 0 spiro atoms. The Morgan fingerprint density at radius 1 is 1.60 bits per heavy atom. The summed E-state index contributed by atoms with van der Waals surface area (Å²) in [5.74, 6) is 0.120. The van der Waals surface area contributed by atoms with Crippen LogP contribution >= 0.6 is 0 Å². The molecule has 0 aliphatic heterocycles.